The van der Waals surface area contributed by atoms with E-state index in [9.17, 15) is 14.7 Å². The van der Waals surface area contributed by atoms with Crippen LogP contribution in [0.1, 0.15) is 40.5 Å². The zero-order valence-corrected chi connectivity index (χ0v) is 15.4. The Bertz CT molecular complexity index is 521. The van der Waals surface area contributed by atoms with Crippen molar-refractivity contribution in [1.82, 2.24) is 0 Å². The number of ether oxygens (including phenoxy) is 1. The summed E-state index contributed by atoms with van der Waals surface area (Å²) in [7, 11) is 1.37. The molecular weight excluding hydrogens is 348 g/mol. The molecule has 0 heterocycles. The van der Waals surface area contributed by atoms with Gasteiger partial charge < -0.3 is 9.84 Å². The number of alkyl halides is 1. The van der Waals surface area contributed by atoms with Gasteiger partial charge in [-0.3, -0.25) is 9.59 Å². The Balaban J connectivity index is 2.32. The molecule has 3 unspecified atom stereocenters. The van der Waals surface area contributed by atoms with Gasteiger partial charge in [0.2, 0.25) is 0 Å². The van der Waals surface area contributed by atoms with Crippen LogP contribution in [0.25, 0.3) is 0 Å². The lowest BCUT2D eigenvalue weighted by molar-refractivity contribution is -0.168. The van der Waals surface area contributed by atoms with Crippen LogP contribution in [0.3, 0.4) is 0 Å². The van der Waals surface area contributed by atoms with Crippen LogP contribution in [0.4, 0.5) is 0 Å². The van der Waals surface area contributed by atoms with Crippen LogP contribution in [-0.2, 0) is 14.3 Å². The Morgan fingerprint density at radius 3 is 2.55 bits per heavy atom. The summed E-state index contributed by atoms with van der Waals surface area (Å²) in [5.41, 5.74) is -2.25. The fourth-order valence-corrected chi connectivity index (χ4v) is 4.45. The van der Waals surface area contributed by atoms with Gasteiger partial charge in [-0.05, 0) is 39.5 Å². The normalized spacial score (nSPS) is 39.0. The average Bonchev–Trinajstić information content (AvgIpc) is 2.42. The Labute approximate surface area is 140 Å². The second-order valence-corrected chi connectivity index (χ2v) is 8.79. The first-order valence-electron chi connectivity index (χ1n) is 7.64. The van der Waals surface area contributed by atoms with Gasteiger partial charge in [0.05, 0.1) is 24.0 Å². The first-order valence-corrected chi connectivity index (χ1v) is 8.56. The summed E-state index contributed by atoms with van der Waals surface area (Å²) in [4.78, 5) is 25.0. The van der Waals surface area contributed by atoms with Gasteiger partial charge in [-0.2, -0.15) is 0 Å². The summed E-state index contributed by atoms with van der Waals surface area (Å²) in [6.45, 7) is 7.23. The summed E-state index contributed by atoms with van der Waals surface area (Å²) < 4.78 is 4.92. The molecule has 0 aromatic rings. The highest BCUT2D eigenvalue weighted by Crippen LogP contribution is 2.57. The van der Waals surface area contributed by atoms with E-state index in [1.807, 2.05) is 19.9 Å². The van der Waals surface area contributed by atoms with Gasteiger partial charge in [0.25, 0.3) is 0 Å². The Morgan fingerprint density at radius 1 is 1.50 bits per heavy atom. The van der Waals surface area contributed by atoms with E-state index in [1.165, 1.54) is 7.11 Å². The second kappa shape index (κ2) is 5.45. The number of ketones is 1. The summed E-state index contributed by atoms with van der Waals surface area (Å²) in [5.74, 6) is -0.707. The number of hydrogen-bond acceptors (Lipinski definition) is 4. The molecule has 22 heavy (non-hydrogen) atoms. The number of rotatable bonds is 4. The van der Waals surface area contributed by atoms with Crippen molar-refractivity contribution in [3.8, 4) is 0 Å². The predicted molar refractivity (Wildman–Crippen MR) is 87.6 cm³/mol. The van der Waals surface area contributed by atoms with Crippen molar-refractivity contribution in [3.63, 3.8) is 0 Å². The number of aliphatic hydroxyl groups is 1. The molecular formula is C17H25BrO4. The molecule has 1 saturated carbocycles. The third kappa shape index (κ3) is 2.56. The maximum atomic E-state index is 13.0. The van der Waals surface area contributed by atoms with Crippen LogP contribution in [0.15, 0.2) is 12.2 Å². The first-order chi connectivity index (χ1) is 9.96. The number of esters is 1. The van der Waals surface area contributed by atoms with Gasteiger partial charge in [-0.15, -0.1) is 0 Å². The lowest BCUT2D eigenvalue weighted by Gasteiger charge is -2.53. The minimum Gasteiger partial charge on any atom is -0.469 e. The number of halogens is 1. The Kier molecular flexibility index (Phi) is 4.37. The number of allylic oxidation sites excluding steroid dienone is 2. The number of carbonyl (C=O) groups excluding carboxylic acids is 2. The van der Waals surface area contributed by atoms with Crippen LogP contribution < -0.4 is 0 Å². The molecule has 4 nitrogen and oxygen atoms in total. The van der Waals surface area contributed by atoms with E-state index in [0.29, 0.717) is 12.8 Å². The fourth-order valence-electron chi connectivity index (χ4n) is 3.78. The first kappa shape index (κ1) is 17.7. The molecule has 0 aromatic carbocycles. The van der Waals surface area contributed by atoms with Crippen molar-refractivity contribution < 1.29 is 19.4 Å². The summed E-state index contributed by atoms with van der Waals surface area (Å²) in [6, 6.07) is 0. The molecule has 1 fully saturated rings. The Hall–Kier alpha value is -0.680. The number of carbonyl (C=O) groups is 2. The molecule has 0 amide bonds. The zero-order chi connectivity index (χ0) is 16.9. The van der Waals surface area contributed by atoms with E-state index in [-0.39, 0.29) is 22.5 Å². The predicted octanol–water partition coefficient (Wildman–Crippen LogP) is 2.87. The van der Waals surface area contributed by atoms with Crippen molar-refractivity contribution >= 4 is 27.7 Å². The Morgan fingerprint density at radius 2 is 2.09 bits per heavy atom. The smallest absolute Gasteiger partial charge is 0.312 e. The van der Waals surface area contributed by atoms with Gasteiger partial charge >= 0.3 is 5.97 Å². The quantitative estimate of drug-likeness (QED) is 0.468. The number of Topliss-reactive ketones (excluding diaryl/α,β-unsaturated/α-hetero) is 1. The van der Waals surface area contributed by atoms with Crippen molar-refractivity contribution in [2.24, 2.45) is 22.7 Å². The highest BCUT2D eigenvalue weighted by Gasteiger charge is 2.61. The van der Waals surface area contributed by atoms with Gasteiger partial charge in [0.15, 0.2) is 0 Å². The molecule has 3 rings (SSSR count). The largest absolute Gasteiger partial charge is 0.469 e. The van der Waals surface area contributed by atoms with E-state index >= 15 is 0 Å². The molecule has 0 aliphatic heterocycles. The van der Waals surface area contributed by atoms with Crippen LogP contribution in [-0.4, -0.2) is 34.4 Å². The van der Waals surface area contributed by atoms with E-state index < -0.39 is 22.3 Å². The van der Waals surface area contributed by atoms with E-state index in [4.69, 9.17) is 4.74 Å². The third-order valence-electron chi connectivity index (χ3n) is 5.55. The summed E-state index contributed by atoms with van der Waals surface area (Å²) >= 11 is 3.52. The number of fused-ring (bicyclic) bond motifs is 2. The van der Waals surface area contributed by atoms with Gasteiger partial charge in [-0.25, -0.2) is 0 Å². The highest BCUT2D eigenvalue weighted by atomic mass is 79.9. The molecule has 0 saturated heterocycles. The third-order valence-corrected chi connectivity index (χ3v) is 7.00. The van der Waals surface area contributed by atoms with E-state index in [0.717, 1.165) is 0 Å². The van der Waals surface area contributed by atoms with Crippen LogP contribution in [0.2, 0.25) is 0 Å². The maximum Gasteiger partial charge on any atom is 0.312 e. The molecule has 2 bridgehead atoms. The SMILES string of the molecule is COC(=O)[C@@]1(C)CC2C=CC1C(=O)[C@]2(C)CC(Br)C(C)(C)O. The molecule has 0 spiro atoms. The number of hydrogen-bond donors (Lipinski definition) is 1. The molecule has 5 heteroatoms. The fraction of sp³-hybridized carbons (Fsp3) is 0.765. The number of methoxy groups -OCH3 is 1. The molecule has 5 atom stereocenters. The topological polar surface area (TPSA) is 63.6 Å². The van der Waals surface area contributed by atoms with Crippen molar-refractivity contribution in [3.05, 3.63) is 12.2 Å². The molecule has 124 valence electrons. The van der Waals surface area contributed by atoms with Crippen LogP contribution >= 0.6 is 15.9 Å². The van der Waals surface area contributed by atoms with Gasteiger partial charge in [0, 0.05) is 10.2 Å². The molecule has 0 aromatic heterocycles. The lowest BCUT2D eigenvalue weighted by Crippen LogP contribution is -2.58. The van der Waals surface area contributed by atoms with Crippen molar-refractivity contribution in [2.75, 3.05) is 7.11 Å². The lowest BCUT2D eigenvalue weighted by atomic mass is 9.49. The maximum absolute atomic E-state index is 13.0. The minimum absolute atomic E-state index is 0.0171. The average molecular weight is 373 g/mol. The summed E-state index contributed by atoms with van der Waals surface area (Å²) in [5, 5.41) is 10.2. The minimum atomic E-state index is -0.907. The van der Waals surface area contributed by atoms with E-state index in [2.05, 4.69) is 22.0 Å². The molecule has 3 aliphatic carbocycles. The summed E-state index contributed by atoms with van der Waals surface area (Å²) in [6.07, 6.45) is 5.07. The standard InChI is InChI=1S/C17H25BrO4/c1-15(2,21)12(18)9-16(3)10-6-7-11(13(16)19)17(4,8-10)14(20)22-5/h6-7,10-12,21H,8-9H2,1-5H3/t10?,11?,12?,16-,17+/m1/s1. The van der Waals surface area contributed by atoms with Crippen LogP contribution in [0.5, 0.6) is 0 Å². The molecule has 0 radical (unpaired) electrons. The van der Waals surface area contributed by atoms with Gasteiger partial charge in [-0.1, -0.05) is 35.0 Å². The molecule has 1 N–H and O–H groups in total. The molecule has 3 aliphatic rings. The van der Waals surface area contributed by atoms with Crippen molar-refractivity contribution in [2.45, 2.75) is 51.0 Å². The van der Waals surface area contributed by atoms with E-state index in [1.54, 1.807) is 13.8 Å². The monoisotopic (exact) mass is 372 g/mol. The zero-order valence-electron chi connectivity index (χ0n) is 13.9. The van der Waals surface area contributed by atoms with Gasteiger partial charge in [0.1, 0.15) is 5.78 Å². The highest BCUT2D eigenvalue weighted by molar-refractivity contribution is 9.09. The van der Waals surface area contributed by atoms with Crippen molar-refractivity contribution in [1.29, 1.82) is 0 Å². The second-order valence-electron chi connectivity index (χ2n) is 7.69. The van der Waals surface area contributed by atoms with Crippen LogP contribution in [0, 0.1) is 22.7 Å².